The lowest BCUT2D eigenvalue weighted by atomic mass is 10.0. The van der Waals surface area contributed by atoms with E-state index in [1.165, 1.54) is 17.6 Å². The van der Waals surface area contributed by atoms with E-state index in [9.17, 15) is 4.39 Å². The smallest absolute Gasteiger partial charge is 0.130 e. The Balaban J connectivity index is 2.44. The van der Waals surface area contributed by atoms with Crippen molar-refractivity contribution in [1.29, 1.82) is 0 Å². The molecule has 0 N–H and O–H groups in total. The number of halogens is 1. The Bertz CT molecular complexity index is 363. The third-order valence-corrected chi connectivity index (χ3v) is 2.96. The van der Waals surface area contributed by atoms with Crippen LogP contribution in [0.25, 0.3) is 5.57 Å². The number of hydrogen-bond acceptors (Lipinski definition) is 0. The van der Waals surface area contributed by atoms with E-state index in [1.807, 2.05) is 12.1 Å². The van der Waals surface area contributed by atoms with Crippen LogP contribution >= 0.6 is 0 Å². The van der Waals surface area contributed by atoms with Crippen LogP contribution in [0.15, 0.2) is 29.8 Å². The van der Waals surface area contributed by atoms with Crippen molar-refractivity contribution in [2.24, 2.45) is 0 Å². The fraction of sp³-hybridized carbons (Fsp3) is 0.385. The molecule has 14 heavy (non-hydrogen) atoms. The van der Waals surface area contributed by atoms with Crippen molar-refractivity contribution in [3.8, 4) is 0 Å². The highest BCUT2D eigenvalue weighted by Crippen LogP contribution is 2.36. The number of allylic oxidation sites excluding steroid dienone is 2. The van der Waals surface area contributed by atoms with E-state index in [0.717, 1.165) is 24.8 Å². The molecule has 0 amide bonds. The summed E-state index contributed by atoms with van der Waals surface area (Å²) in [7, 11) is 0. The van der Waals surface area contributed by atoms with Gasteiger partial charge >= 0.3 is 0 Å². The average molecular weight is 190 g/mol. The predicted octanol–water partition coefficient (Wildman–Crippen LogP) is 4.17. The molecule has 0 spiro atoms. The van der Waals surface area contributed by atoms with Crippen LogP contribution in [0.2, 0.25) is 0 Å². The number of hydrogen-bond donors (Lipinski definition) is 0. The van der Waals surface area contributed by atoms with Gasteiger partial charge in [-0.25, -0.2) is 4.39 Å². The zero-order valence-electron chi connectivity index (χ0n) is 8.52. The van der Waals surface area contributed by atoms with Gasteiger partial charge in [0.25, 0.3) is 0 Å². The first kappa shape index (κ1) is 9.45. The molecule has 0 nitrogen and oxygen atoms in total. The zero-order valence-corrected chi connectivity index (χ0v) is 8.52. The molecular formula is C13H15F. The molecule has 0 bridgehead atoms. The molecule has 0 aliphatic heterocycles. The molecule has 1 aliphatic rings. The fourth-order valence-electron chi connectivity index (χ4n) is 2.23. The maximum absolute atomic E-state index is 13.5. The third-order valence-electron chi connectivity index (χ3n) is 2.96. The van der Waals surface area contributed by atoms with Gasteiger partial charge in [-0.3, -0.25) is 0 Å². The summed E-state index contributed by atoms with van der Waals surface area (Å²) in [6, 6.07) is 7.11. The SMILES string of the molecule is CCC1=C(c2ccccc2F)CCC1. The standard InChI is InChI=1S/C13H15F/c1-2-10-6-5-8-11(10)12-7-3-4-9-13(12)14/h3-4,7,9H,2,5-6,8H2,1H3. The molecule has 0 unspecified atom stereocenters. The van der Waals surface area contributed by atoms with Crippen molar-refractivity contribution >= 4 is 5.57 Å². The van der Waals surface area contributed by atoms with Gasteiger partial charge in [0.1, 0.15) is 5.82 Å². The molecule has 0 aromatic heterocycles. The highest BCUT2D eigenvalue weighted by Gasteiger charge is 2.16. The second kappa shape index (κ2) is 3.95. The molecule has 1 aromatic rings. The summed E-state index contributed by atoms with van der Waals surface area (Å²) in [4.78, 5) is 0. The molecule has 1 heteroatoms. The highest BCUT2D eigenvalue weighted by molar-refractivity contribution is 5.70. The largest absolute Gasteiger partial charge is 0.206 e. The molecule has 0 radical (unpaired) electrons. The van der Waals surface area contributed by atoms with Crippen LogP contribution in [0.1, 0.15) is 38.2 Å². The van der Waals surface area contributed by atoms with Crippen molar-refractivity contribution in [2.75, 3.05) is 0 Å². The van der Waals surface area contributed by atoms with E-state index in [0.29, 0.717) is 0 Å². The van der Waals surface area contributed by atoms with Gasteiger partial charge < -0.3 is 0 Å². The van der Waals surface area contributed by atoms with E-state index >= 15 is 0 Å². The van der Waals surface area contributed by atoms with Crippen molar-refractivity contribution in [3.63, 3.8) is 0 Å². The van der Waals surface area contributed by atoms with Gasteiger partial charge in [-0.15, -0.1) is 0 Å². The summed E-state index contributed by atoms with van der Waals surface area (Å²) in [6.07, 6.45) is 4.45. The summed E-state index contributed by atoms with van der Waals surface area (Å²) in [6.45, 7) is 2.15. The maximum atomic E-state index is 13.5. The Kier molecular flexibility index (Phi) is 2.67. The third kappa shape index (κ3) is 1.59. The van der Waals surface area contributed by atoms with E-state index in [4.69, 9.17) is 0 Å². The van der Waals surface area contributed by atoms with Crippen molar-refractivity contribution < 1.29 is 4.39 Å². The van der Waals surface area contributed by atoms with Gasteiger partial charge in [0.05, 0.1) is 0 Å². The molecule has 0 heterocycles. The minimum absolute atomic E-state index is 0.0737. The van der Waals surface area contributed by atoms with Crippen LogP contribution in [0.4, 0.5) is 4.39 Å². The van der Waals surface area contributed by atoms with E-state index in [-0.39, 0.29) is 5.82 Å². The van der Waals surface area contributed by atoms with Gasteiger partial charge in [-0.2, -0.15) is 0 Å². The highest BCUT2D eigenvalue weighted by atomic mass is 19.1. The first-order valence-corrected chi connectivity index (χ1v) is 5.28. The van der Waals surface area contributed by atoms with Crippen LogP contribution in [-0.2, 0) is 0 Å². The minimum atomic E-state index is -0.0737. The average Bonchev–Trinajstić information content (AvgIpc) is 2.66. The Morgan fingerprint density at radius 2 is 2.00 bits per heavy atom. The lowest BCUT2D eigenvalue weighted by molar-refractivity contribution is 0.623. The molecule has 2 rings (SSSR count). The zero-order chi connectivity index (χ0) is 9.97. The normalized spacial score (nSPS) is 16.4. The van der Waals surface area contributed by atoms with Crippen LogP contribution in [0, 0.1) is 5.82 Å². The van der Waals surface area contributed by atoms with E-state index < -0.39 is 0 Å². The van der Waals surface area contributed by atoms with E-state index in [1.54, 1.807) is 12.1 Å². The molecule has 0 saturated heterocycles. The van der Waals surface area contributed by atoms with Crippen LogP contribution in [0.3, 0.4) is 0 Å². The van der Waals surface area contributed by atoms with Crippen molar-refractivity contribution in [1.82, 2.24) is 0 Å². The van der Waals surface area contributed by atoms with Gasteiger partial charge in [0.15, 0.2) is 0 Å². The van der Waals surface area contributed by atoms with Crippen LogP contribution in [-0.4, -0.2) is 0 Å². The Labute approximate surface area is 84.5 Å². The monoisotopic (exact) mass is 190 g/mol. The van der Waals surface area contributed by atoms with Crippen LogP contribution < -0.4 is 0 Å². The molecule has 0 atom stereocenters. The molecule has 0 saturated carbocycles. The molecule has 74 valence electrons. The van der Waals surface area contributed by atoms with Crippen molar-refractivity contribution in [2.45, 2.75) is 32.6 Å². The second-order valence-corrected chi connectivity index (χ2v) is 3.77. The second-order valence-electron chi connectivity index (χ2n) is 3.77. The van der Waals surface area contributed by atoms with Crippen LogP contribution in [0.5, 0.6) is 0 Å². The number of benzene rings is 1. The molecular weight excluding hydrogens is 175 g/mol. The summed E-state index contributed by atoms with van der Waals surface area (Å²) in [5, 5.41) is 0. The van der Waals surface area contributed by atoms with Gasteiger partial charge in [-0.05, 0) is 37.3 Å². The first-order chi connectivity index (χ1) is 6.83. The summed E-state index contributed by atoms with van der Waals surface area (Å²) < 4.78 is 13.5. The summed E-state index contributed by atoms with van der Waals surface area (Å²) >= 11 is 0. The Morgan fingerprint density at radius 1 is 1.21 bits per heavy atom. The topological polar surface area (TPSA) is 0 Å². The molecule has 1 aromatic carbocycles. The maximum Gasteiger partial charge on any atom is 0.130 e. The van der Waals surface area contributed by atoms with Gasteiger partial charge in [-0.1, -0.05) is 30.7 Å². The Hall–Kier alpha value is -1.11. The lowest BCUT2D eigenvalue weighted by Crippen LogP contribution is -1.89. The van der Waals surface area contributed by atoms with Gasteiger partial charge in [0, 0.05) is 5.56 Å². The summed E-state index contributed by atoms with van der Waals surface area (Å²) in [5.41, 5.74) is 3.52. The number of rotatable bonds is 2. The van der Waals surface area contributed by atoms with Gasteiger partial charge in [0.2, 0.25) is 0 Å². The summed E-state index contributed by atoms with van der Waals surface area (Å²) in [5.74, 6) is -0.0737. The van der Waals surface area contributed by atoms with E-state index in [2.05, 4.69) is 6.92 Å². The minimum Gasteiger partial charge on any atom is -0.206 e. The quantitative estimate of drug-likeness (QED) is 0.656. The molecule has 0 fully saturated rings. The fourth-order valence-corrected chi connectivity index (χ4v) is 2.23. The van der Waals surface area contributed by atoms with Crippen molar-refractivity contribution in [3.05, 3.63) is 41.2 Å². The Morgan fingerprint density at radius 3 is 2.71 bits per heavy atom. The predicted molar refractivity (Wildman–Crippen MR) is 57.5 cm³/mol. The molecule has 1 aliphatic carbocycles. The first-order valence-electron chi connectivity index (χ1n) is 5.28. The lowest BCUT2D eigenvalue weighted by Gasteiger charge is -2.06.